The number of phosphoric ester groups is 2. The minimum absolute atomic E-state index is 0.104. The molecule has 3 N–H and O–H groups in total. The Kier molecular flexibility index (Phi) is 55.7. The zero-order valence-corrected chi connectivity index (χ0v) is 57.7. The fourth-order valence-electron chi connectivity index (χ4n) is 9.89. The van der Waals surface area contributed by atoms with Crippen molar-refractivity contribution in [3.05, 3.63) is 0 Å². The van der Waals surface area contributed by atoms with Crippen molar-refractivity contribution in [1.29, 1.82) is 0 Å². The molecule has 0 saturated carbocycles. The molecule has 7 atom stereocenters. The van der Waals surface area contributed by atoms with Gasteiger partial charge >= 0.3 is 39.5 Å². The molecule has 0 saturated heterocycles. The first-order valence-electron chi connectivity index (χ1n) is 34.8. The van der Waals surface area contributed by atoms with Crippen LogP contribution < -0.4 is 0 Å². The summed E-state index contributed by atoms with van der Waals surface area (Å²) in [6.07, 6.45) is 37.6. The van der Waals surface area contributed by atoms with Crippen molar-refractivity contribution in [2.75, 3.05) is 39.6 Å². The van der Waals surface area contributed by atoms with Crippen LogP contribution in [0.3, 0.4) is 0 Å². The van der Waals surface area contributed by atoms with Crippen LogP contribution in [0.4, 0.5) is 0 Å². The molecule has 0 amide bonds. The number of hydrogen-bond donors (Lipinski definition) is 3. The van der Waals surface area contributed by atoms with Crippen LogP contribution in [0.2, 0.25) is 0 Å². The average Bonchev–Trinajstić information content (AvgIpc) is 3.65. The molecule has 0 aliphatic carbocycles. The summed E-state index contributed by atoms with van der Waals surface area (Å²) < 4.78 is 68.1. The normalized spacial score (nSPS) is 15.0. The van der Waals surface area contributed by atoms with Gasteiger partial charge in [0.25, 0.3) is 0 Å². The molecule has 0 heterocycles. The largest absolute Gasteiger partial charge is 0.472 e. The number of aliphatic hydroxyl groups excluding tert-OH is 1. The molecule has 0 rings (SSSR count). The van der Waals surface area contributed by atoms with E-state index in [1.165, 1.54) is 116 Å². The number of aliphatic hydroxyl groups is 1. The summed E-state index contributed by atoms with van der Waals surface area (Å²) in [5, 5.41) is 10.6. The van der Waals surface area contributed by atoms with Crippen molar-refractivity contribution >= 4 is 39.5 Å². The molecular formula is C67H130O17P2. The first kappa shape index (κ1) is 84.1. The van der Waals surface area contributed by atoms with Crippen LogP contribution in [-0.4, -0.2) is 96.7 Å². The summed E-state index contributed by atoms with van der Waals surface area (Å²) in [6.45, 7) is 14.0. The van der Waals surface area contributed by atoms with E-state index in [2.05, 4.69) is 55.4 Å². The highest BCUT2D eigenvalue weighted by molar-refractivity contribution is 7.47. The molecule has 86 heavy (non-hydrogen) atoms. The fourth-order valence-corrected chi connectivity index (χ4v) is 11.5. The van der Waals surface area contributed by atoms with E-state index in [0.29, 0.717) is 31.6 Å². The lowest BCUT2D eigenvalue weighted by molar-refractivity contribution is -0.161. The van der Waals surface area contributed by atoms with Crippen molar-refractivity contribution in [2.24, 2.45) is 23.7 Å². The summed E-state index contributed by atoms with van der Waals surface area (Å²) >= 11 is 0. The first-order chi connectivity index (χ1) is 41.2. The van der Waals surface area contributed by atoms with Crippen molar-refractivity contribution < 1.29 is 80.2 Å². The number of carbonyl (C=O) groups excluding carboxylic acids is 4. The summed E-state index contributed by atoms with van der Waals surface area (Å²) in [6, 6.07) is 0. The third-order valence-electron chi connectivity index (χ3n) is 16.0. The lowest BCUT2D eigenvalue weighted by Gasteiger charge is -2.21. The lowest BCUT2D eigenvalue weighted by Crippen LogP contribution is -2.30. The van der Waals surface area contributed by atoms with Gasteiger partial charge in [0.2, 0.25) is 0 Å². The van der Waals surface area contributed by atoms with Crippen LogP contribution in [0.1, 0.15) is 325 Å². The highest BCUT2D eigenvalue weighted by Gasteiger charge is 2.30. The molecule has 0 aromatic heterocycles. The van der Waals surface area contributed by atoms with Crippen LogP contribution >= 0.6 is 15.6 Å². The van der Waals surface area contributed by atoms with E-state index < -0.39 is 97.5 Å². The van der Waals surface area contributed by atoms with Gasteiger partial charge in [-0.3, -0.25) is 37.3 Å². The lowest BCUT2D eigenvalue weighted by atomic mass is 9.99. The van der Waals surface area contributed by atoms with E-state index >= 15 is 0 Å². The third kappa shape index (κ3) is 58.4. The Bertz CT molecular complexity index is 1720. The van der Waals surface area contributed by atoms with E-state index in [1.54, 1.807) is 0 Å². The molecule has 19 heteroatoms. The van der Waals surface area contributed by atoms with Gasteiger partial charge in [0, 0.05) is 25.7 Å². The Hall–Kier alpha value is -1.94. The van der Waals surface area contributed by atoms with E-state index in [-0.39, 0.29) is 25.7 Å². The second-order valence-electron chi connectivity index (χ2n) is 25.6. The molecule has 0 bridgehead atoms. The second-order valence-corrected chi connectivity index (χ2v) is 28.6. The van der Waals surface area contributed by atoms with Gasteiger partial charge in [-0.25, -0.2) is 9.13 Å². The summed E-state index contributed by atoms with van der Waals surface area (Å²) in [7, 11) is -9.90. The van der Waals surface area contributed by atoms with Crippen LogP contribution in [-0.2, 0) is 65.4 Å². The van der Waals surface area contributed by atoms with Crippen LogP contribution in [0, 0.1) is 23.7 Å². The van der Waals surface area contributed by atoms with Gasteiger partial charge in [-0.1, -0.05) is 274 Å². The molecule has 0 spiro atoms. The number of rotatable bonds is 64. The minimum Gasteiger partial charge on any atom is -0.462 e. The standard InChI is InChI=1S/C67H130O17P2/c1-9-59(7)45-37-29-20-16-12-14-18-22-34-42-50-67(72)84-63(54-78-65(70)48-40-32-26-24-30-38-46-60(8)10-2)56-82-86(75,76)80-52-61(68)51-79-85(73,74)81-55-62(53-77-64(69)47-39-31-25-23-28-36-44-58(5)6)83-66(71)49-41-33-21-17-13-11-15-19-27-35-43-57(3)4/h57-63,68H,9-56H2,1-8H3,(H,73,74)(H,75,76)/t59?,60?,61-,62-,63-/m1/s1. The van der Waals surface area contributed by atoms with E-state index in [4.69, 9.17) is 37.0 Å². The quantitative estimate of drug-likeness (QED) is 0.0222. The van der Waals surface area contributed by atoms with Gasteiger partial charge in [-0.2, -0.15) is 0 Å². The van der Waals surface area contributed by atoms with Crippen LogP contribution in [0.15, 0.2) is 0 Å². The maximum absolute atomic E-state index is 13.0. The predicted molar refractivity (Wildman–Crippen MR) is 344 cm³/mol. The monoisotopic (exact) mass is 1270 g/mol. The summed E-state index contributed by atoms with van der Waals surface area (Å²) in [5.74, 6) is 0.829. The Labute approximate surface area is 524 Å². The molecular weight excluding hydrogens is 1140 g/mol. The molecule has 17 nitrogen and oxygen atoms in total. The highest BCUT2D eigenvalue weighted by atomic mass is 31.2. The third-order valence-corrected chi connectivity index (χ3v) is 17.9. The van der Waals surface area contributed by atoms with Crippen molar-refractivity contribution in [3.63, 3.8) is 0 Å². The van der Waals surface area contributed by atoms with Crippen LogP contribution in [0.25, 0.3) is 0 Å². The summed E-state index contributed by atoms with van der Waals surface area (Å²) in [5.41, 5.74) is 0. The zero-order valence-electron chi connectivity index (χ0n) is 55.9. The topological polar surface area (TPSA) is 237 Å². The Morgan fingerprint density at radius 1 is 0.326 bits per heavy atom. The SMILES string of the molecule is CCC(C)CCCCCCCCCCCCC(=O)O[C@H](COC(=O)CCCCCCCCC(C)CC)COP(=O)(O)OC[C@H](O)COP(=O)(O)OC[C@@H](COC(=O)CCCCCCCCC(C)C)OC(=O)CCCCCCCCCCCCC(C)C. The molecule has 0 aliphatic rings. The van der Waals surface area contributed by atoms with Crippen molar-refractivity contribution in [2.45, 2.75) is 343 Å². The maximum atomic E-state index is 13.0. The number of esters is 4. The fraction of sp³-hybridized carbons (Fsp3) is 0.940. The molecule has 0 aromatic carbocycles. The first-order valence-corrected chi connectivity index (χ1v) is 37.8. The van der Waals surface area contributed by atoms with Gasteiger partial charge in [0.15, 0.2) is 12.2 Å². The van der Waals surface area contributed by atoms with Gasteiger partial charge < -0.3 is 33.8 Å². The number of hydrogen-bond acceptors (Lipinski definition) is 15. The molecule has 510 valence electrons. The maximum Gasteiger partial charge on any atom is 0.472 e. The van der Waals surface area contributed by atoms with Gasteiger partial charge in [-0.15, -0.1) is 0 Å². The molecule has 0 radical (unpaired) electrons. The van der Waals surface area contributed by atoms with E-state index in [1.807, 2.05) is 0 Å². The molecule has 4 unspecified atom stereocenters. The van der Waals surface area contributed by atoms with Gasteiger partial charge in [0.1, 0.15) is 19.3 Å². The Morgan fingerprint density at radius 2 is 0.558 bits per heavy atom. The van der Waals surface area contributed by atoms with Crippen molar-refractivity contribution in [3.8, 4) is 0 Å². The Morgan fingerprint density at radius 3 is 0.826 bits per heavy atom. The smallest absolute Gasteiger partial charge is 0.462 e. The highest BCUT2D eigenvalue weighted by Crippen LogP contribution is 2.45. The predicted octanol–water partition coefficient (Wildman–Crippen LogP) is 18.5. The number of carbonyl (C=O) groups is 4. The van der Waals surface area contributed by atoms with E-state index in [9.17, 15) is 43.2 Å². The second kappa shape index (κ2) is 57.0. The number of unbranched alkanes of at least 4 members (excludes halogenated alkanes) is 28. The van der Waals surface area contributed by atoms with Crippen LogP contribution in [0.5, 0.6) is 0 Å². The molecule has 0 aromatic rings. The molecule has 0 fully saturated rings. The van der Waals surface area contributed by atoms with Crippen molar-refractivity contribution in [1.82, 2.24) is 0 Å². The number of ether oxygens (including phenoxy) is 4. The minimum atomic E-state index is -4.95. The molecule has 0 aliphatic heterocycles. The summed E-state index contributed by atoms with van der Waals surface area (Å²) in [4.78, 5) is 72.4. The van der Waals surface area contributed by atoms with E-state index in [0.717, 1.165) is 120 Å². The Balaban J connectivity index is 5.26. The number of phosphoric acid groups is 2. The van der Waals surface area contributed by atoms with Gasteiger partial charge in [-0.05, 0) is 49.4 Å². The zero-order chi connectivity index (χ0) is 63.9. The average molecular weight is 1270 g/mol. The van der Waals surface area contributed by atoms with Gasteiger partial charge in [0.05, 0.1) is 26.4 Å².